The molecule has 0 unspecified atom stereocenters. The number of H-pyrrole nitrogens is 1. The number of amides is 1. The van der Waals surface area contributed by atoms with E-state index in [4.69, 9.17) is 0 Å². The summed E-state index contributed by atoms with van der Waals surface area (Å²) in [6.07, 6.45) is 0. The lowest BCUT2D eigenvalue weighted by Gasteiger charge is -2.34. The van der Waals surface area contributed by atoms with Crippen molar-refractivity contribution in [3.8, 4) is 0 Å². The predicted molar refractivity (Wildman–Crippen MR) is 123 cm³/mol. The minimum atomic E-state index is -3.62. The molecule has 0 spiro atoms. The molecule has 1 saturated heterocycles. The molecule has 170 valence electrons. The number of carbonyl (C=O) groups is 1. The predicted octanol–water partition coefficient (Wildman–Crippen LogP) is 2.16. The van der Waals surface area contributed by atoms with Crippen molar-refractivity contribution in [1.82, 2.24) is 18.8 Å². The first-order chi connectivity index (χ1) is 15.1. The number of para-hydroxylation sites is 2. The average Bonchev–Trinajstić information content (AvgIpc) is 3.08. The molecule has 2 heterocycles. The Kier molecular flexibility index (Phi) is 5.72. The third-order valence-corrected chi connectivity index (χ3v) is 7.84. The fourth-order valence-corrected chi connectivity index (χ4v) is 5.38. The highest BCUT2D eigenvalue weighted by Crippen LogP contribution is 2.25. The summed E-state index contributed by atoms with van der Waals surface area (Å²) >= 11 is 0. The number of sulfonamides is 1. The number of aromatic amines is 1. The number of hydrogen-bond donors (Lipinski definition) is 1. The van der Waals surface area contributed by atoms with E-state index in [1.165, 1.54) is 8.87 Å². The second-order valence-electron chi connectivity index (χ2n) is 9.09. The van der Waals surface area contributed by atoms with Gasteiger partial charge >= 0.3 is 5.69 Å². The van der Waals surface area contributed by atoms with E-state index in [2.05, 4.69) is 25.8 Å². The maximum absolute atomic E-state index is 13.0. The second-order valence-corrected chi connectivity index (χ2v) is 11.0. The summed E-state index contributed by atoms with van der Waals surface area (Å²) in [5.41, 5.74) is 2.03. The van der Waals surface area contributed by atoms with Crippen LogP contribution in [0.15, 0.2) is 58.2 Å². The number of carbonyl (C=O) groups excluding carboxylic acids is 1. The van der Waals surface area contributed by atoms with Gasteiger partial charge in [0.2, 0.25) is 15.9 Å². The molecule has 2 aromatic carbocycles. The Morgan fingerprint density at radius 1 is 0.969 bits per heavy atom. The van der Waals surface area contributed by atoms with E-state index >= 15 is 0 Å². The number of nitrogens with one attached hydrogen (secondary N) is 1. The minimum Gasteiger partial charge on any atom is -0.338 e. The van der Waals surface area contributed by atoms with Crippen LogP contribution in [0, 0.1) is 0 Å². The molecule has 3 aromatic rings. The molecule has 1 N–H and O–H groups in total. The number of piperazine rings is 1. The van der Waals surface area contributed by atoms with Gasteiger partial charge in [-0.05, 0) is 35.2 Å². The minimum absolute atomic E-state index is 0.0545. The van der Waals surface area contributed by atoms with Crippen LogP contribution in [0.4, 0.5) is 0 Å². The van der Waals surface area contributed by atoms with E-state index in [9.17, 15) is 18.0 Å². The first kappa shape index (κ1) is 22.3. The van der Waals surface area contributed by atoms with E-state index in [0.29, 0.717) is 11.0 Å². The van der Waals surface area contributed by atoms with E-state index in [1.807, 2.05) is 24.3 Å². The number of nitrogens with zero attached hydrogens (tertiary/aromatic N) is 3. The molecule has 1 amide bonds. The SMILES string of the molecule is CC(C)(C)c1ccc(S(=O)(=O)N2CCN(C(=O)Cn3c(=O)[nH]c4ccccc43)CC2)cc1. The zero-order chi connectivity index (χ0) is 23.1. The highest BCUT2D eigenvalue weighted by molar-refractivity contribution is 7.89. The fraction of sp³-hybridized carbons (Fsp3) is 0.391. The lowest BCUT2D eigenvalue weighted by atomic mass is 9.87. The molecular formula is C23H28N4O4S. The van der Waals surface area contributed by atoms with Crippen LogP contribution in [0.5, 0.6) is 0 Å². The molecule has 1 fully saturated rings. The zero-order valence-electron chi connectivity index (χ0n) is 18.5. The monoisotopic (exact) mass is 456 g/mol. The lowest BCUT2D eigenvalue weighted by molar-refractivity contribution is -0.133. The van der Waals surface area contributed by atoms with E-state index in [1.54, 1.807) is 29.2 Å². The van der Waals surface area contributed by atoms with Crippen LogP contribution in [0.2, 0.25) is 0 Å². The fourth-order valence-electron chi connectivity index (χ4n) is 3.95. The first-order valence-electron chi connectivity index (χ1n) is 10.6. The number of aromatic nitrogens is 2. The summed E-state index contributed by atoms with van der Waals surface area (Å²) in [5, 5.41) is 0. The number of hydrogen-bond acceptors (Lipinski definition) is 4. The molecule has 0 saturated carbocycles. The molecule has 1 aliphatic rings. The van der Waals surface area contributed by atoms with Gasteiger partial charge < -0.3 is 9.88 Å². The van der Waals surface area contributed by atoms with Crippen molar-refractivity contribution >= 4 is 27.0 Å². The van der Waals surface area contributed by atoms with Crippen LogP contribution in [-0.4, -0.2) is 59.3 Å². The van der Waals surface area contributed by atoms with Crippen molar-refractivity contribution in [2.75, 3.05) is 26.2 Å². The smallest absolute Gasteiger partial charge is 0.326 e. The summed E-state index contributed by atoms with van der Waals surface area (Å²) in [6.45, 7) is 7.18. The second kappa shape index (κ2) is 8.22. The molecule has 0 atom stereocenters. The molecule has 4 rings (SSSR count). The standard InChI is InChI=1S/C23H28N4O4S/c1-23(2,3)17-8-10-18(11-9-17)32(30,31)26-14-12-25(13-15-26)21(28)16-27-20-7-5-4-6-19(20)24-22(27)29/h4-11H,12-16H2,1-3H3,(H,24,29). The van der Waals surface area contributed by atoms with Crippen LogP contribution in [0.25, 0.3) is 11.0 Å². The van der Waals surface area contributed by atoms with Gasteiger partial charge in [-0.2, -0.15) is 4.31 Å². The number of rotatable bonds is 4. The summed E-state index contributed by atoms with van der Waals surface area (Å²) < 4.78 is 28.9. The topological polar surface area (TPSA) is 95.5 Å². The van der Waals surface area contributed by atoms with Crippen LogP contribution in [0.1, 0.15) is 26.3 Å². The van der Waals surface area contributed by atoms with Crippen LogP contribution in [0.3, 0.4) is 0 Å². The van der Waals surface area contributed by atoms with E-state index < -0.39 is 10.0 Å². The van der Waals surface area contributed by atoms with Gasteiger partial charge in [-0.1, -0.05) is 45.0 Å². The summed E-state index contributed by atoms with van der Waals surface area (Å²) in [5.74, 6) is -0.205. The van der Waals surface area contributed by atoms with Crippen molar-refractivity contribution in [1.29, 1.82) is 0 Å². The van der Waals surface area contributed by atoms with Crippen molar-refractivity contribution in [2.45, 2.75) is 37.6 Å². The van der Waals surface area contributed by atoms with Crippen molar-refractivity contribution < 1.29 is 13.2 Å². The van der Waals surface area contributed by atoms with Gasteiger partial charge in [-0.25, -0.2) is 13.2 Å². The highest BCUT2D eigenvalue weighted by Gasteiger charge is 2.30. The molecule has 32 heavy (non-hydrogen) atoms. The first-order valence-corrected chi connectivity index (χ1v) is 12.1. The van der Waals surface area contributed by atoms with Gasteiger partial charge in [0.1, 0.15) is 6.54 Å². The van der Waals surface area contributed by atoms with E-state index in [0.717, 1.165) is 5.56 Å². The molecule has 1 aliphatic heterocycles. The van der Waals surface area contributed by atoms with Crippen molar-refractivity contribution in [3.05, 3.63) is 64.6 Å². The Morgan fingerprint density at radius 3 is 2.22 bits per heavy atom. The van der Waals surface area contributed by atoms with Crippen LogP contribution in [-0.2, 0) is 26.8 Å². The van der Waals surface area contributed by atoms with Crippen LogP contribution >= 0.6 is 0 Å². The third-order valence-electron chi connectivity index (χ3n) is 5.92. The van der Waals surface area contributed by atoms with Gasteiger partial charge in [0.05, 0.1) is 15.9 Å². The quantitative estimate of drug-likeness (QED) is 0.651. The maximum Gasteiger partial charge on any atom is 0.326 e. The molecular weight excluding hydrogens is 428 g/mol. The van der Waals surface area contributed by atoms with Gasteiger partial charge in [0, 0.05) is 26.2 Å². The normalized spacial score (nSPS) is 15.9. The number of benzene rings is 2. The summed E-state index contributed by atoms with van der Waals surface area (Å²) in [4.78, 5) is 29.7. The summed E-state index contributed by atoms with van der Waals surface area (Å²) in [7, 11) is -3.62. The molecule has 0 radical (unpaired) electrons. The van der Waals surface area contributed by atoms with Crippen molar-refractivity contribution in [2.24, 2.45) is 0 Å². The Labute approximate surface area is 187 Å². The summed E-state index contributed by atoms with van der Waals surface area (Å²) in [6, 6.07) is 14.2. The molecule has 8 nitrogen and oxygen atoms in total. The Bertz CT molecular complexity index is 1290. The van der Waals surface area contributed by atoms with E-state index in [-0.39, 0.29) is 54.6 Å². The average molecular weight is 457 g/mol. The molecule has 0 bridgehead atoms. The number of imidazole rings is 1. The highest BCUT2D eigenvalue weighted by atomic mass is 32.2. The Morgan fingerprint density at radius 2 is 1.59 bits per heavy atom. The lowest BCUT2D eigenvalue weighted by Crippen LogP contribution is -2.51. The largest absolute Gasteiger partial charge is 0.338 e. The molecule has 1 aromatic heterocycles. The Hall–Kier alpha value is -2.91. The van der Waals surface area contributed by atoms with Gasteiger partial charge in [0.15, 0.2) is 0 Å². The third kappa shape index (κ3) is 4.22. The van der Waals surface area contributed by atoms with Gasteiger partial charge in [-0.3, -0.25) is 9.36 Å². The van der Waals surface area contributed by atoms with Gasteiger partial charge in [0.25, 0.3) is 0 Å². The number of fused-ring (bicyclic) bond motifs is 1. The molecule has 0 aliphatic carbocycles. The zero-order valence-corrected chi connectivity index (χ0v) is 19.4. The Balaban J connectivity index is 1.42. The van der Waals surface area contributed by atoms with Gasteiger partial charge in [-0.15, -0.1) is 0 Å². The molecule has 9 heteroatoms. The maximum atomic E-state index is 13.0. The van der Waals surface area contributed by atoms with Crippen molar-refractivity contribution in [3.63, 3.8) is 0 Å². The van der Waals surface area contributed by atoms with Crippen LogP contribution < -0.4 is 5.69 Å².